The van der Waals surface area contributed by atoms with E-state index in [4.69, 9.17) is 4.42 Å². The lowest BCUT2D eigenvalue weighted by atomic mass is 9.98. The summed E-state index contributed by atoms with van der Waals surface area (Å²) in [5.74, 6) is 0. The Hall–Kier alpha value is -8.18. The first-order chi connectivity index (χ1) is 31.7. The monoisotopic (exact) mass is 834 g/mol. The zero-order valence-electron chi connectivity index (χ0n) is 34.7. The van der Waals surface area contributed by atoms with Crippen LogP contribution in [0.3, 0.4) is 0 Å². The molecular formula is C60H38N2OS. The first-order valence-corrected chi connectivity index (χ1v) is 22.6. The molecule has 0 aliphatic heterocycles. The van der Waals surface area contributed by atoms with Crippen molar-refractivity contribution in [2.75, 3.05) is 4.90 Å². The summed E-state index contributed by atoms with van der Waals surface area (Å²) in [6.45, 7) is 0. The Morgan fingerprint density at radius 3 is 1.67 bits per heavy atom. The number of anilines is 3. The molecule has 13 rings (SSSR count). The molecule has 10 aromatic carbocycles. The molecule has 13 aromatic rings. The third-order valence-corrected chi connectivity index (χ3v) is 13.9. The summed E-state index contributed by atoms with van der Waals surface area (Å²) in [5.41, 5.74) is 15.3. The van der Waals surface area contributed by atoms with Gasteiger partial charge in [0.25, 0.3) is 0 Å². The summed E-state index contributed by atoms with van der Waals surface area (Å²) in [6.07, 6.45) is 0. The van der Waals surface area contributed by atoms with Gasteiger partial charge in [0.2, 0.25) is 0 Å². The Balaban J connectivity index is 1.10. The molecule has 3 nitrogen and oxygen atoms in total. The van der Waals surface area contributed by atoms with Crippen molar-refractivity contribution in [2.24, 2.45) is 0 Å². The van der Waals surface area contributed by atoms with Crippen molar-refractivity contribution in [1.82, 2.24) is 4.57 Å². The zero-order valence-corrected chi connectivity index (χ0v) is 35.5. The van der Waals surface area contributed by atoms with Crippen molar-refractivity contribution in [3.63, 3.8) is 0 Å². The van der Waals surface area contributed by atoms with Crippen LogP contribution in [0.2, 0.25) is 0 Å². The van der Waals surface area contributed by atoms with Crippen molar-refractivity contribution in [3.8, 4) is 39.1 Å². The van der Waals surface area contributed by atoms with Crippen molar-refractivity contribution >= 4 is 92.3 Å². The highest BCUT2D eigenvalue weighted by molar-refractivity contribution is 7.25. The lowest BCUT2D eigenvalue weighted by Crippen LogP contribution is -2.10. The van der Waals surface area contributed by atoms with Crippen LogP contribution in [0.1, 0.15) is 0 Å². The van der Waals surface area contributed by atoms with E-state index in [1.54, 1.807) is 0 Å². The first kappa shape index (κ1) is 36.5. The van der Waals surface area contributed by atoms with Crippen LogP contribution in [0.5, 0.6) is 0 Å². The van der Waals surface area contributed by atoms with Gasteiger partial charge in [-0.1, -0.05) is 140 Å². The topological polar surface area (TPSA) is 21.3 Å². The molecule has 300 valence electrons. The van der Waals surface area contributed by atoms with E-state index < -0.39 is 0 Å². The van der Waals surface area contributed by atoms with Crippen LogP contribution in [0.15, 0.2) is 235 Å². The fraction of sp³-hybridized carbons (Fsp3) is 0. The van der Waals surface area contributed by atoms with Crippen molar-refractivity contribution in [1.29, 1.82) is 0 Å². The third-order valence-electron chi connectivity index (χ3n) is 12.8. The number of thiophene rings is 1. The van der Waals surface area contributed by atoms with Crippen molar-refractivity contribution < 1.29 is 4.42 Å². The van der Waals surface area contributed by atoms with Crippen LogP contribution in [0.4, 0.5) is 17.1 Å². The molecule has 0 fully saturated rings. The normalized spacial score (nSPS) is 11.8. The van der Waals surface area contributed by atoms with Gasteiger partial charge in [-0.15, -0.1) is 11.3 Å². The SMILES string of the molecule is c1ccc(-c2ccc3c(c2)oc2c(-c4ccccc4)ccc(N(c4ccc5sc6ccc(-c7ccccc7)cc6c5c4)c4ccc5c(c4)c4ccccc4n5-c4ccccc4)c23)cc1. The van der Waals surface area contributed by atoms with Crippen LogP contribution in [0, 0.1) is 0 Å². The summed E-state index contributed by atoms with van der Waals surface area (Å²) in [6, 6.07) is 83.4. The molecule has 0 atom stereocenters. The van der Waals surface area contributed by atoms with E-state index >= 15 is 0 Å². The van der Waals surface area contributed by atoms with Crippen LogP contribution >= 0.6 is 11.3 Å². The number of aromatic nitrogens is 1. The number of nitrogens with zero attached hydrogens (tertiary/aromatic N) is 2. The molecule has 0 amide bonds. The molecule has 0 saturated carbocycles. The standard InChI is InChI=1S/C60H38N2OS/c1-5-15-39(16-6-1)42-26-33-57-51(35-42)52-38-46(28-34-58(52)64-57)61(45-27-31-54-50(37-45)48-23-13-14-24-53(48)62(54)44-21-11-4-12-22-44)55-32-30-47(41-19-9-3-10-20-41)60-59(55)49-29-25-43(36-56(49)63-60)40-17-7-2-8-18-40/h1-38H. The second-order valence-electron chi connectivity index (χ2n) is 16.5. The lowest BCUT2D eigenvalue weighted by Gasteiger charge is -2.27. The smallest absolute Gasteiger partial charge is 0.145 e. The molecule has 3 aromatic heterocycles. The van der Waals surface area contributed by atoms with Gasteiger partial charge in [-0.3, -0.25) is 0 Å². The molecule has 0 N–H and O–H groups in total. The Kier molecular flexibility index (Phi) is 8.40. The van der Waals surface area contributed by atoms with Crippen LogP contribution in [0.25, 0.3) is 103 Å². The average Bonchev–Trinajstić information content (AvgIpc) is 4.04. The highest BCUT2D eigenvalue weighted by atomic mass is 32.1. The molecule has 0 saturated heterocycles. The second kappa shape index (κ2) is 14.7. The van der Waals surface area contributed by atoms with Crippen molar-refractivity contribution in [2.45, 2.75) is 0 Å². The minimum Gasteiger partial charge on any atom is -0.455 e. The van der Waals surface area contributed by atoms with Crippen molar-refractivity contribution in [3.05, 3.63) is 231 Å². The minimum absolute atomic E-state index is 0.857. The lowest BCUT2D eigenvalue weighted by molar-refractivity contribution is 0.670. The minimum atomic E-state index is 0.857. The molecule has 0 unspecified atom stereocenters. The molecule has 3 heterocycles. The number of rotatable bonds is 7. The van der Waals surface area contributed by atoms with Gasteiger partial charge in [0, 0.05) is 59.0 Å². The first-order valence-electron chi connectivity index (χ1n) is 21.7. The van der Waals surface area contributed by atoms with Crippen LogP contribution < -0.4 is 4.90 Å². The Morgan fingerprint density at radius 2 is 0.938 bits per heavy atom. The number of hydrogen-bond acceptors (Lipinski definition) is 3. The van der Waals surface area contributed by atoms with E-state index in [1.165, 1.54) is 47.6 Å². The quantitative estimate of drug-likeness (QED) is 0.159. The van der Waals surface area contributed by atoms with E-state index in [2.05, 4.69) is 240 Å². The predicted octanol–water partition coefficient (Wildman–Crippen LogP) is 17.5. The van der Waals surface area contributed by atoms with Crippen LogP contribution in [-0.2, 0) is 0 Å². The maximum atomic E-state index is 7.09. The van der Waals surface area contributed by atoms with Crippen LogP contribution in [-0.4, -0.2) is 4.57 Å². The molecule has 0 aliphatic carbocycles. The van der Waals surface area contributed by atoms with Gasteiger partial charge in [-0.2, -0.15) is 0 Å². The highest BCUT2D eigenvalue weighted by Gasteiger charge is 2.24. The molecular weight excluding hydrogens is 797 g/mol. The fourth-order valence-electron chi connectivity index (χ4n) is 9.80. The van der Waals surface area contributed by atoms with Gasteiger partial charge in [-0.25, -0.2) is 0 Å². The Labute approximate surface area is 373 Å². The summed E-state index contributed by atoms with van der Waals surface area (Å²) in [5, 5.41) is 7.05. The number of benzene rings is 10. The molecule has 64 heavy (non-hydrogen) atoms. The van der Waals surface area contributed by atoms with Gasteiger partial charge in [-0.05, 0) is 119 Å². The van der Waals surface area contributed by atoms with E-state index in [9.17, 15) is 0 Å². The van der Waals surface area contributed by atoms with Gasteiger partial charge >= 0.3 is 0 Å². The fourth-order valence-corrected chi connectivity index (χ4v) is 10.9. The summed E-state index contributed by atoms with van der Waals surface area (Å²) in [4.78, 5) is 2.45. The number of hydrogen-bond donors (Lipinski definition) is 0. The Bertz CT molecular complexity index is 3890. The van der Waals surface area contributed by atoms with Gasteiger partial charge in [0.15, 0.2) is 0 Å². The Morgan fingerprint density at radius 1 is 0.375 bits per heavy atom. The maximum absolute atomic E-state index is 7.09. The number of para-hydroxylation sites is 2. The summed E-state index contributed by atoms with van der Waals surface area (Å²) in [7, 11) is 0. The predicted molar refractivity (Wildman–Crippen MR) is 272 cm³/mol. The number of fused-ring (bicyclic) bond motifs is 9. The van der Waals surface area contributed by atoms with E-state index in [0.717, 1.165) is 72.5 Å². The maximum Gasteiger partial charge on any atom is 0.145 e. The van der Waals surface area contributed by atoms with E-state index in [0.29, 0.717) is 0 Å². The largest absolute Gasteiger partial charge is 0.455 e. The molecule has 4 heteroatoms. The van der Waals surface area contributed by atoms with Gasteiger partial charge < -0.3 is 13.9 Å². The molecule has 0 aliphatic rings. The van der Waals surface area contributed by atoms with Gasteiger partial charge in [0.05, 0.1) is 22.1 Å². The highest BCUT2D eigenvalue weighted by Crippen LogP contribution is 2.49. The average molecular weight is 835 g/mol. The van der Waals surface area contributed by atoms with E-state index in [-0.39, 0.29) is 0 Å². The zero-order chi connectivity index (χ0) is 42.1. The third kappa shape index (κ3) is 5.88. The molecule has 0 radical (unpaired) electrons. The number of furan rings is 1. The summed E-state index contributed by atoms with van der Waals surface area (Å²) < 4.78 is 12.0. The molecule has 0 spiro atoms. The second-order valence-corrected chi connectivity index (χ2v) is 17.5. The summed E-state index contributed by atoms with van der Waals surface area (Å²) >= 11 is 1.85. The molecule has 0 bridgehead atoms. The van der Waals surface area contributed by atoms with E-state index in [1.807, 2.05) is 11.3 Å². The van der Waals surface area contributed by atoms with Gasteiger partial charge in [0.1, 0.15) is 11.2 Å².